The lowest BCUT2D eigenvalue weighted by atomic mass is 9.83. The molecular weight excluding hydrogens is 218 g/mol. The molecule has 1 amide bonds. The van der Waals surface area contributed by atoms with Crippen LogP contribution in [0, 0.1) is 11.8 Å². The van der Waals surface area contributed by atoms with Crippen LogP contribution in [-0.2, 0) is 4.79 Å². The SMILES string of the molecule is CC1C=CC(N(C(=O)O)C(C)(C)C)C(C=O)C1. The second kappa shape index (κ2) is 4.90. The topological polar surface area (TPSA) is 57.6 Å². The molecule has 1 aliphatic carbocycles. The molecule has 0 spiro atoms. The predicted octanol–water partition coefficient (Wildman–Crippen LogP) is 2.54. The van der Waals surface area contributed by atoms with Gasteiger partial charge < -0.3 is 9.90 Å². The van der Waals surface area contributed by atoms with Crippen molar-refractivity contribution in [1.29, 1.82) is 0 Å². The number of carbonyl (C=O) groups excluding carboxylic acids is 1. The van der Waals surface area contributed by atoms with Gasteiger partial charge >= 0.3 is 6.09 Å². The average Bonchev–Trinajstić information content (AvgIpc) is 2.17. The Morgan fingerprint density at radius 3 is 2.41 bits per heavy atom. The van der Waals surface area contributed by atoms with Crippen molar-refractivity contribution >= 4 is 12.4 Å². The molecule has 96 valence electrons. The van der Waals surface area contributed by atoms with Gasteiger partial charge in [0.05, 0.1) is 6.04 Å². The van der Waals surface area contributed by atoms with Gasteiger partial charge in [0.2, 0.25) is 0 Å². The molecule has 4 heteroatoms. The quantitative estimate of drug-likeness (QED) is 0.595. The van der Waals surface area contributed by atoms with Crippen molar-refractivity contribution in [2.45, 2.75) is 45.7 Å². The summed E-state index contributed by atoms with van der Waals surface area (Å²) >= 11 is 0. The maximum absolute atomic E-state index is 11.4. The first-order valence-electron chi connectivity index (χ1n) is 5.93. The van der Waals surface area contributed by atoms with E-state index in [1.54, 1.807) is 0 Å². The molecule has 3 atom stereocenters. The van der Waals surface area contributed by atoms with E-state index in [0.717, 1.165) is 6.29 Å². The first-order chi connectivity index (χ1) is 7.77. The Bertz CT molecular complexity index is 330. The Hall–Kier alpha value is -1.32. The smallest absolute Gasteiger partial charge is 0.408 e. The van der Waals surface area contributed by atoms with Gasteiger partial charge in [-0.15, -0.1) is 0 Å². The molecule has 0 aromatic carbocycles. The molecule has 0 fully saturated rings. The summed E-state index contributed by atoms with van der Waals surface area (Å²) in [6.07, 6.45) is 4.46. The Kier molecular flexibility index (Phi) is 3.96. The summed E-state index contributed by atoms with van der Waals surface area (Å²) < 4.78 is 0. The van der Waals surface area contributed by atoms with Crippen LogP contribution in [0.3, 0.4) is 0 Å². The highest BCUT2D eigenvalue weighted by molar-refractivity contribution is 5.68. The molecule has 0 radical (unpaired) electrons. The summed E-state index contributed by atoms with van der Waals surface area (Å²) in [5.41, 5.74) is -0.511. The van der Waals surface area contributed by atoms with E-state index < -0.39 is 11.6 Å². The molecule has 1 aliphatic rings. The van der Waals surface area contributed by atoms with Crippen LogP contribution in [0.25, 0.3) is 0 Å². The summed E-state index contributed by atoms with van der Waals surface area (Å²) in [4.78, 5) is 23.9. The van der Waals surface area contributed by atoms with Crippen molar-refractivity contribution in [1.82, 2.24) is 4.90 Å². The van der Waals surface area contributed by atoms with Crippen LogP contribution >= 0.6 is 0 Å². The number of allylic oxidation sites excluding steroid dienone is 1. The Labute approximate surface area is 102 Å². The second-order valence-electron chi connectivity index (χ2n) is 5.71. The first kappa shape index (κ1) is 13.7. The van der Waals surface area contributed by atoms with Crippen molar-refractivity contribution in [3.63, 3.8) is 0 Å². The number of rotatable bonds is 2. The first-order valence-corrected chi connectivity index (χ1v) is 5.93. The highest BCUT2D eigenvalue weighted by Crippen LogP contribution is 2.30. The molecule has 0 aliphatic heterocycles. The molecule has 0 saturated carbocycles. The standard InChI is InChI=1S/C13H21NO3/c1-9-5-6-11(10(7-9)8-15)14(12(16)17)13(2,3)4/h5-6,8-11H,7H2,1-4H3,(H,16,17). The number of amides is 1. The molecule has 0 aromatic heterocycles. The van der Waals surface area contributed by atoms with Gasteiger partial charge in [-0.1, -0.05) is 19.1 Å². The molecule has 1 rings (SSSR count). The lowest BCUT2D eigenvalue weighted by Gasteiger charge is -2.42. The van der Waals surface area contributed by atoms with Gasteiger partial charge in [0, 0.05) is 11.5 Å². The van der Waals surface area contributed by atoms with Gasteiger partial charge in [-0.25, -0.2) is 4.79 Å². The van der Waals surface area contributed by atoms with E-state index in [0.29, 0.717) is 12.3 Å². The molecule has 1 N–H and O–H groups in total. The van der Waals surface area contributed by atoms with Crippen LogP contribution < -0.4 is 0 Å². The third-order valence-corrected chi connectivity index (χ3v) is 3.12. The number of carbonyl (C=O) groups is 2. The van der Waals surface area contributed by atoms with Gasteiger partial charge in [-0.05, 0) is 33.1 Å². The molecule has 3 unspecified atom stereocenters. The van der Waals surface area contributed by atoms with Crippen LogP contribution in [0.15, 0.2) is 12.2 Å². The van der Waals surface area contributed by atoms with E-state index in [-0.39, 0.29) is 12.0 Å². The maximum Gasteiger partial charge on any atom is 0.408 e. The summed E-state index contributed by atoms with van der Waals surface area (Å²) in [5, 5.41) is 9.32. The van der Waals surface area contributed by atoms with E-state index in [1.165, 1.54) is 4.90 Å². The van der Waals surface area contributed by atoms with Crippen molar-refractivity contribution < 1.29 is 14.7 Å². The Balaban J connectivity index is 3.05. The summed E-state index contributed by atoms with van der Waals surface area (Å²) in [6, 6.07) is -0.346. The predicted molar refractivity (Wildman–Crippen MR) is 65.9 cm³/mol. The lowest BCUT2D eigenvalue weighted by molar-refractivity contribution is -0.113. The fraction of sp³-hybridized carbons (Fsp3) is 0.692. The van der Waals surface area contributed by atoms with Crippen LogP contribution in [-0.4, -0.2) is 34.0 Å². The van der Waals surface area contributed by atoms with Crippen LogP contribution in [0.2, 0.25) is 0 Å². The zero-order valence-corrected chi connectivity index (χ0v) is 10.9. The van der Waals surface area contributed by atoms with Crippen LogP contribution in [0.5, 0.6) is 0 Å². The molecule has 0 bridgehead atoms. The van der Waals surface area contributed by atoms with E-state index in [1.807, 2.05) is 39.8 Å². The van der Waals surface area contributed by atoms with E-state index in [9.17, 15) is 14.7 Å². The number of aldehydes is 1. The van der Waals surface area contributed by atoms with Gasteiger partial charge in [-0.3, -0.25) is 4.90 Å². The number of nitrogens with zero attached hydrogens (tertiary/aromatic N) is 1. The van der Waals surface area contributed by atoms with Gasteiger partial charge in [0.1, 0.15) is 6.29 Å². The van der Waals surface area contributed by atoms with Crippen LogP contribution in [0.1, 0.15) is 34.1 Å². The van der Waals surface area contributed by atoms with Gasteiger partial charge in [0.15, 0.2) is 0 Å². The minimum Gasteiger partial charge on any atom is -0.465 e. The summed E-state index contributed by atoms with van der Waals surface area (Å²) in [7, 11) is 0. The minimum absolute atomic E-state index is 0.245. The van der Waals surface area contributed by atoms with Gasteiger partial charge in [0.25, 0.3) is 0 Å². The fourth-order valence-corrected chi connectivity index (χ4v) is 2.37. The van der Waals surface area contributed by atoms with Gasteiger partial charge in [-0.2, -0.15) is 0 Å². The summed E-state index contributed by atoms with van der Waals surface area (Å²) in [6.45, 7) is 7.56. The fourth-order valence-electron chi connectivity index (χ4n) is 2.37. The van der Waals surface area contributed by atoms with Crippen molar-refractivity contribution in [2.75, 3.05) is 0 Å². The zero-order valence-electron chi connectivity index (χ0n) is 10.9. The highest BCUT2D eigenvalue weighted by Gasteiger charge is 2.38. The third kappa shape index (κ3) is 3.08. The molecule has 4 nitrogen and oxygen atoms in total. The number of hydrogen-bond donors (Lipinski definition) is 1. The largest absolute Gasteiger partial charge is 0.465 e. The minimum atomic E-state index is -0.978. The zero-order chi connectivity index (χ0) is 13.2. The molecule has 0 aromatic rings. The van der Waals surface area contributed by atoms with Crippen molar-refractivity contribution in [3.8, 4) is 0 Å². The monoisotopic (exact) mass is 239 g/mol. The second-order valence-corrected chi connectivity index (χ2v) is 5.71. The van der Waals surface area contributed by atoms with E-state index in [4.69, 9.17) is 0 Å². The average molecular weight is 239 g/mol. The number of carboxylic acid groups (broad SMARTS) is 1. The van der Waals surface area contributed by atoms with Crippen LogP contribution in [0.4, 0.5) is 4.79 Å². The Morgan fingerprint density at radius 2 is 2.00 bits per heavy atom. The molecule has 17 heavy (non-hydrogen) atoms. The van der Waals surface area contributed by atoms with Crippen molar-refractivity contribution in [3.05, 3.63) is 12.2 Å². The molecular formula is C13H21NO3. The van der Waals surface area contributed by atoms with Crippen molar-refractivity contribution in [2.24, 2.45) is 11.8 Å². The van der Waals surface area contributed by atoms with E-state index in [2.05, 4.69) is 0 Å². The normalized spacial score (nSPS) is 28.8. The summed E-state index contributed by atoms with van der Waals surface area (Å²) in [5.74, 6) is 0.0855. The Morgan fingerprint density at radius 1 is 1.41 bits per heavy atom. The molecule has 0 heterocycles. The van der Waals surface area contributed by atoms with E-state index >= 15 is 0 Å². The third-order valence-electron chi connectivity index (χ3n) is 3.12. The number of hydrogen-bond acceptors (Lipinski definition) is 2. The highest BCUT2D eigenvalue weighted by atomic mass is 16.4. The lowest BCUT2D eigenvalue weighted by Crippen LogP contribution is -2.54. The molecule has 0 saturated heterocycles. The maximum atomic E-state index is 11.4.